The second kappa shape index (κ2) is 6.43. The average Bonchev–Trinajstić information content (AvgIpc) is 2.28. The summed E-state index contributed by atoms with van der Waals surface area (Å²) >= 11 is 1.75. The number of esters is 1. The number of nitrogens with two attached hydrogens (primary N) is 1. The normalized spacial score (nSPS) is 10.1. The highest BCUT2D eigenvalue weighted by atomic mass is 32.2. The number of anilines is 1. The molecule has 0 saturated heterocycles. The van der Waals surface area contributed by atoms with E-state index in [-0.39, 0.29) is 5.97 Å². The fraction of sp³-hybridized carbons (Fsp3) is 0.417. The highest BCUT2D eigenvalue weighted by Gasteiger charge is 2.07. The van der Waals surface area contributed by atoms with Gasteiger partial charge in [-0.3, -0.25) is 0 Å². The third-order valence-electron chi connectivity index (χ3n) is 2.17. The van der Waals surface area contributed by atoms with E-state index in [2.05, 4.69) is 6.92 Å². The highest BCUT2D eigenvalue weighted by molar-refractivity contribution is 7.99. The van der Waals surface area contributed by atoms with E-state index in [1.807, 2.05) is 6.92 Å². The third kappa shape index (κ3) is 3.77. The van der Waals surface area contributed by atoms with Crippen molar-refractivity contribution in [3.8, 4) is 0 Å². The molecule has 4 heteroatoms. The Kier molecular flexibility index (Phi) is 5.19. The van der Waals surface area contributed by atoms with E-state index in [0.717, 1.165) is 17.1 Å². The zero-order chi connectivity index (χ0) is 12.0. The van der Waals surface area contributed by atoms with E-state index in [1.165, 1.54) is 0 Å². The first-order valence-corrected chi connectivity index (χ1v) is 6.41. The number of hydrogen-bond acceptors (Lipinski definition) is 4. The fourth-order valence-corrected chi connectivity index (χ4v) is 1.71. The monoisotopic (exact) mass is 239 g/mol. The average molecular weight is 239 g/mol. The maximum Gasteiger partial charge on any atom is 0.338 e. The Balaban J connectivity index is 2.50. The van der Waals surface area contributed by atoms with Crippen LogP contribution in [0.4, 0.5) is 5.69 Å². The fourth-order valence-electron chi connectivity index (χ4n) is 1.22. The quantitative estimate of drug-likeness (QED) is 0.487. The number of carbonyl (C=O) groups excluding carboxylic acids is 1. The lowest BCUT2D eigenvalue weighted by Gasteiger charge is -2.06. The molecule has 16 heavy (non-hydrogen) atoms. The van der Waals surface area contributed by atoms with E-state index < -0.39 is 0 Å². The van der Waals surface area contributed by atoms with Crippen LogP contribution in [0.2, 0.25) is 0 Å². The van der Waals surface area contributed by atoms with Crippen molar-refractivity contribution >= 4 is 23.4 Å². The van der Waals surface area contributed by atoms with Crippen molar-refractivity contribution < 1.29 is 9.53 Å². The minimum atomic E-state index is -0.278. The van der Waals surface area contributed by atoms with Crippen LogP contribution in [-0.2, 0) is 4.74 Å². The molecule has 0 heterocycles. The summed E-state index contributed by atoms with van der Waals surface area (Å²) in [5.74, 6) is 1.61. The molecule has 88 valence electrons. The first-order chi connectivity index (χ1) is 7.65. The van der Waals surface area contributed by atoms with Crippen molar-refractivity contribution in [1.82, 2.24) is 0 Å². The molecule has 1 aromatic carbocycles. The molecule has 0 unspecified atom stereocenters. The standard InChI is InChI=1S/C12H17NO2S/c1-3-16-7-6-15-12(14)10-4-5-11(13)9(2)8-10/h4-5,8H,3,6-7,13H2,1-2H3. The molecule has 0 spiro atoms. The number of ether oxygens (including phenoxy) is 1. The summed E-state index contributed by atoms with van der Waals surface area (Å²) in [6, 6.07) is 5.18. The summed E-state index contributed by atoms with van der Waals surface area (Å²) in [6.45, 7) is 4.41. The molecule has 0 bridgehead atoms. The van der Waals surface area contributed by atoms with Gasteiger partial charge in [0, 0.05) is 11.4 Å². The van der Waals surface area contributed by atoms with Gasteiger partial charge in [0.05, 0.1) is 5.56 Å². The van der Waals surface area contributed by atoms with Gasteiger partial charge in [-0.25, -0.2) is 4.79 Å². The van der Waals surface area contributed by atoms with Gasteiger partial charge in [-0.2, -0.15) is 11.8 Å². The molecule has 0 radical (unpaired) electrons. The van der Waals surface area contributed by atoms with Crippen molar-refractivity contribution in [1.29, 1.82) is 0 Å². The van der Waals surface area contributed by atoms with E-state index >= 15 is 0 Å². The van der Waals surface area contributed by atoms with Crippen LogP contribution in [0.15, 0.2) is 18.2 Å². The predicted molar refractivity (Wildman–Crippen MR) is 68.9 cm³/mol. The van der Waals surface area contributed by atoms with E-state index in [1.54, 1.807) is 30.0 Å². The van der Waals surface area contributed by atoms with Gasteiger partial charge in [-0.05, 0) is 36.4 Å². The predicted octanol–water partition coefficient (Wildman–Crippen LogP) is 2.49. The van der Waals surface area contributed by atoms with Crippen molar-refractivity contribution in [3.05, 3.63) is 29.3 Å². The Morgan fingerprint density at radius 2 is 2.25 bits per heavy atom. The van der Waals surface area contributed by atoms with Gasteiger partial charge >= 0.3 is 5.97 Å². The summed E-state index contributed by atoms with van der Waals surface area (Å²) in [7, 11) is 0. The zero-order valence-electron chi connectivity index (χ0n) is 9.66. The van der Waals surface area contributed by atoms with Gasteiger partial charge in [0.1, 0.15) is 6.61 Å². The molecule has 0 aliphatic rings. The van der Waals surface area contributed by atoms with Gasteiger partial charge in [-0.1, -0.05) is 6.92 Å². The number of nitrogen functional groups attached to an aromatic ring is 1. The van der Waals surface area contributed by atoms with Crippen LogP contribution in [0, 0.1) is 6.92 Å². The summed E-state index contributed by atoms with van der Waals surface area (Å²) in [5.41, 5.74) is 7.83. The van der Waals surface area contributed by atoms with Crippen LogP contribution >= 0.6 is 11.8 Å². The number of benzene rings is 1. The Morgan fingerprint density at radius 3 is 2.88 bits per heavy atom. The second-order valence-electron chi connectivity index (χ2n) is 3.40. The van der Waals surface area contributed by atoms with E-state index in [4.69, 9.17) is 10.5 Å². The summed E-state index contributed by atoms with van der Waals surface area (Å²) in [4.78, 5) is 11.6. The molecule has 0 fully saturated rings. The molecule has 0 saturated carbocycles. The second-order valence-corrected chi connectivity index (χ2v) is 4.80. The lowest BCUT2D eigenvalue weighted by atomic mass is 10.1. The van der Waals surface area contributed by atoms with Crippen LogP contribution < -0.4 is 5.73 Å². The summed E-state index contributed by atoms with van der Waals surface area (Å²) < 4.78 is 5.12. The lowest BCUT2D eigenvalue weighted by Crippen LogP contribution is -2.08. The molecule has 1 aromatic rings. The largest absolute Gasteiger partial charge is 0.461 e. The van der Waals surface area contributed by atoms with Crippen LogP contribution in [0.5, 0.6) is 0 Å². The Hall–Kier alpha value is -1.16. The smallest absolute Gasteiger partial charge is 0.338 e. The molecule has 0 aromatic heterocycles. The van der Waals surface area contributed by atoms with E-state index in [9.17, 15) is 4.79 Å². The van der Waals surface area contributed by atoms with Crippen molar-refractivity contribution in [2.45, 2.75) is 13.8 Å². The number of carbonyl (C=O) groups is 1. The van der Waals surface area contributed by atoms with Gasteiger partial charge in [-0.15, -0.1) is 0 Å². The van der Waals surface area contributed by atoms with Crippen molar-refractivity contribution in [3.63, 3.8) is 0 Å². The number of thioether (sulfide) groups is 1. The number of hydrogen-bond donors (Lipinski definition) is 1. The molecule has 0 aliphatic heterocycles. The van der Waals surface area contributed by atoms with Crippen LogP contribution in [0.1, 0.15) is 22.8 Å². The molecule has 2 N–H and O–H groups in total. The molecule has 1 rings (SSSR count). The SMILES string of the molecule is CCSCCOC(=O)c1ccc(N)c(C)c1. The van der Waals surface area contributed by atoms with Gasteiger partial charge in [0.2, 0.25) is 0 Å². The molecular weight excluding hydrogens is 222 g/mol. The zero-order valence-corrected chi connectivity index (χ0v) is 10.5. The minimum absolute atomic E-state index is 0.278. The van der Waals surface area contributed by atoms with Crippen LogP contribution in [-0.4, -0.2) is 24.1 Å². The third-order valence-corrected chi connectivity index (χ3v) is 3.03. The van der Waals surface area contributed by atoms with Crippen LogP contribution in [0.3, 0.4) is 0 Å². The first-order valence-electron chi connectivity index (χ1n) is 5.26. The van der Waals surface area contributed by atoms with E-state index in [0.29, 0.717) is 17.9 Å². The Bertz CT molecular complexity index is 366. The number of rotatable bonds is 5. The van der Waals surface area contributed by atoms with Gasteiger partial charge < -0.3 is 10.5 Å². The van der Waals surface area contributed by atoms with Gasteiger partial charge in [0.15, 0.2) is 0 Å². The maximum absolute atomic E-state index is 11.6. The highest BCUT2D eigenvalue weighted by Crippen LogP contribution is 2.13. The molecular formula is C12H17NO2S. The van der Waals surface area contributed by atoms with Crippen molar-refractivity contribution in [2.75, 3.05) is 23.8 Å². The summed E-state index contributed by atoms with van der Waals surface area (Å²) in [5, 5.41) is 0. The Labute approximate surface area is 100 Å². The molecule has 3 nitrogen and oxygen atoms in total. The first kappa shape index (κ1) is 12.9. The Morgan fingerprint density at radius 1 is 1.50 bits per heavy atom. The van der Waals surface area contributed by atoms with Crippen molar-refractivity contribution in [2.24, 2.45) is 0 Å². The lowest BCUT2D eigenvalue weighted by molar-refractivity contribution is 0.0530. The van der Waals surface area contributed by atoms with Gasteiger partial charge in [0.25, 0.3) is 0 Å². The summed E-state index contributed by atoms with van der Waals surface area (Å²) in [6.07, 6.45) is 0. The maximum atomic E-state index is 11.6. The molecule has 0 amide bonds. The van der Waals surface area contributed by atoms with Crippen LogP contribution in [0.25, 0.3) is 0 Å². The molecule has 0 atom stereocenters. The minimum Gasteiger partial charge on any atom is -0.461 e. The molecule has 0 aliphatic carbocycles. The topological polar surface area (TPSA) is 52.3 Å². The number of aryl methyl sites for hydroxylation is 1.